The lowest BCUT2D eigenvalue weighted by Crippen LogP contribution is -2.00. The van der Waals surface area contributed by atoms with E-state index in [1.807, 2.05) is 54.6 Å². The summed E-state index contributed by atoms with van der Waals surface area (Å²) in [5.74, 6) is 0. The summed E-state index contributed by atoms with van der Waals surface area (Å²) in [6, 6.07) is 58.7. The summed E-state index contributed by atoms with van der Waals surface area (Å²) in [5.41, 5.74) is 10.5. The summed E-state index contributed by atoms with van der Waals surface area (Å²) in [6.45, 7) is 0. The molecule has 9 aromatic rings. The van der Waals surface area contributed by atoms with Gasteiger partial charge < -0.3 is 9.13 Å². The Morgan fingerprint density at radius 3 is 1.38 bits per heavy atom. The van der Waals surface area contributed by atoms with Gasteiger partial charge in [-0.2, -0.15) is 10.5 Å². The lowest BCUT2D eigenvalue weighted by Gasteiger charge is -2.17. The first-order valence-corrected chi connectivity index (χ1v) is 15.9. The maximum Gasteiger partial charge on any atom is 0.0998 e. The number of aromatic nitrogens is 2. The van der Waals surface area contributed by atoms with E-state index in [1.54, 1.807) is 0 Å². The normalized spacial score (nSPS) is 11.3. The predicted molar refractivity (Wildman–Crippen MR) is 195 cm³/mol. The topological polar surface area (TPSA) is 57.4 Å². The number of benzene rings is 7. The molecule has 9 rings (SSSR count). The van der Waals surface area contributed by atoms with E-state index in [1.165, 1.54) is 10.8 Å². The third-order valence-electron chi connectivity index (χ3n) is 9.39. The molecule has 0 saturated carbocycles. The van der Waals surface area contributed by atoms with Crippen LogP contribution in [0.1, 0.15) is 11.1 Å². The standard InChI is InChI=1S/C44H26N4/c45-27-31-24-30(29-12-11-13-33(26-29)47-39-19-6-1-14-34(39)35-15-2-7-20-40(35)47)25-32(28-46)44(31)38-18-5-10-23-43(38)48-41-21-8-3-16-36(41)37-17-4-9-22-42(37)48/h1-26H. The second-order valence-corrected chi connectivity index (χ2v) is 12.0. The van der Waals surface area contributed by atoms with Gasteiger partial charge in [0.1, 0.15) is 0 Å². The molecule has 0 radical (unpaired) electrons. The van der Waals surface area contributed by atoms with Crippen LogP contribution in [0.2, 0.25) is 0 Å². The van der Waals surface area contributed by atoms with E-state index in [2.05, 4.69) is 124 Å². The summed E-state index contributed by atoms with van der Waals surface area (Å²) in [5, 5.41) is 25.9. The second-order valence-electron chi connectivity index (χ2n) is 12.0. The van der Waals surface area contributed by atoms with E-state index in [4.69, 9.17) is 0 Å². The SMILES string of the molecule is N#Cc1cc(-c2cccc(-n3c4ccccc4c4ccccc43)c2)cc(C#N)c1-c1ccccc1-n1c2ccccc2c2ccccc21. The first-order valence-electron chi connectivity index (χ1n) is 15.9. The third-order valence-corrected chi connectivity index (χ3v) is 9.39. The van der Waals surface area contributed by atoms with Crippen molar-refractivity contribution in [1.82, 2.24) is 9.13 Å². The van der Waals surface area contributed by atoms with Gasteiger partial charge in [0.25, 0.3) is 0 Å². The van der Waals surface area contributed by atoms with Crippen molar-refractivity contribution in [3.8, 4) is 45.8 Å². The van der Waals surface area contributed by atoms with Crippen molar-refractivity contribution in [3.63, 3.8) is 0 Å². The Balaban J connectivity index is 1.24. The van der Waals surface area contributed by atoms with Gasteiger partial charge in [-0.3, -0.25) is 0 Å². The van der Waals surface area contributed by atoms with Crippen molar-refractivity contribution >= 4 is 43.6 Å². The number of para-hydroxylation sites is 5. The molecule has 7 aromatic carbocycles. The smallest absolute Gasteiger partial charge is 0.0998 e. The van der Waals surface area contributed by atoms with Crippen LogP contribution in [0.15, 0.2) is 158 Å². The second kappa shape index (κ2) is 10.9. The maximum atomic E-state index is 10.6. The molecule has 4 nitrogen and oxygen atoms in total. The van der Waals surface area contributed by atoms with Gasteiger partial charge >= 0.3 is 0 Å². The summed E-state index contributed by atoms with van der Waals surface area (Å²) < 4.78 is 4.52. The lowest BCUT2D eigenvalue weighted by molar-refractivity contribution is 1.18. The van der Waals surface area contributed by atoms with E-state index in [-0.39, 0.29) is 0 Å². The zero-order chi connectivity index (χ0) is 32.2. The van der Waals surface area contributed by atoms with Crippen LogP contribution in [0.25, 0.3) is 77.2 Å². The van der Waals surface area contributed by atoms with E-state index in [0.717, 1.165) is 60.9 Å². The molecule has 0 fully saturated rings. The van der Waals surface area contributed by atoms with Crippen LogP contribution in [0.5, 0.6) is 0 Å². The highest BCUT2D eigenvalue weighted by Crippen LogP contribution is 2.40. The quantitative estimate of drug-likeness (QED) is 0.199. The van der Waals surface area contributed by atoms with Crippen molar-refractivity contribution in [3.05, 3.63) is 169 Å². The highest BCUT2D eigenvalue weighted by molar-refractivity contribution is 6.10. The van der Waals surface area contributed by atoms with Crippen LogP contribution >= 0.6 is 0 Å². The fraction of sp³-hybridized carbons (Fsp3) is 0. The number of rotatable bonds is 4. The minimum absolute atomic E-state index is 0.458. The molecule has 4 heteroatoms. The third kappa shape index (κ3) is 4.07. The molecule has 0 bridgehead atoms. The highest BCUT2D eigenvalue weighted by Gasteiger charge is 2.21. The Bertz CT molecular complexity index is 2680. The van der Waals surface area contributed by atoms with E-state index < -0.39 is 0 Å². The lowest BCUT2D eigenvalue weighted by atomic mass is 9.90. The van der Waals surface area contributed by atoms with Gasteiger partial charge in [-0.1, -0.05) is 103 Å². The zero-order valence-corrected chi connectivity index (χ0v) is 25.8. The van der Waals surface area contributed by atoms with Gasteiger partial charge in [0.2, 0.25) is 0 Å². The number of hydrogen-bond donors (Lipinski definition) is 0. The molecule has 0 amide bonds. The molecular weight excluding hydrogens is 585 g/mol. The Morgan fingerprint density at radius 1 is 0.396 bits per heavy atom. The van der Waals surface area contributed by atoms with Crippen molar-refractivity contribution in [2.24, 2.45) is 0 Å². The van der Waals surface area contributed by atoms with Crippen molar-refractivity contribution < 1.29 is 0 Å². The van der Waals surface area contributed by atoms with Crippen molar-refractivity contribution in [2.45, 2.75) is 0 Å². The first kappa shape index (κ1) is 27.4. The Morgan fingerprint density at radius 2 is 0.854 bits per heavy atom. The predicted octanol–water partition coefficient (Wildman–Crippen LogP) is 11.0. The fourth-order valence-electron chi connectivity index (χ4n) is 7.36. The van der Waals surface area contributed by atoms with Crippen molar-refractivity contribution in [2.75, 3.05) is 0 Å². The zero-order valence-electron chi connectivity index (χ0n) is 25.8. The van der Waals surface area contributed by atoms with Crippen molar-refractivity contribution in [1.29, 1.82) is 10.5 Å². The molecule has 0 aliphatic rings. The molecule has 0 atom stereocenters. The largest absolute Gasteiger partial charge is 0.309 e. The van der Waals surface area contributed by atoms with Crippen LogP contribution in [0.3, 0.4) is 0 Å². The molecule has 2 aromatic heterocycles. The number of nitrogens with zero attached hydrogens (tertiary/aromatic N) is 4. The molecule has 48 heavy (non-hydrogen) atoms. The molecular formula is C44H26N4. The van der Waals surface area contributed by atoms with Gasteiger partial charge in [0.15, 0.2) is 0 Å². The van der Waals surface area contributed by atoms with Gasteiger partial charge in [0, 0.05) is 38.4 Å². The molecule has 0 unspecified atom stereocenters. The Kier molecular flexibility index (Phi) is 6.22. The van der Waals surface area contributed by atoms with E-state index in [0.29, 0.717) is 16.7 Å². The van der Waals surface area contributed by atoms with Crippen LogP contribution < -0.4 is 0 Å². The van der Waals surface area contributed by atoms with Gasteiger partial charge in [-0.25, -0.2) is 0 Å². The molecule has 2 heterocycles. The van der Waals surface area contributed by atoms with Gasteiger partial charge in [-0.05, 0) is 65.7 Å². The minimum atomic E-state index is 0.458. The van der Waals surface area contributed by atoms with Crippen LogP contribution in [0, 0.1) is 22.7 Å². The summed E-state index contributed by atoms with van der Waals surface area (Å²) in [6.07, 6.45) is 0. The van der Waals surface area contributed by atoms with Crippen LogP contribution in [-0.2, 0) is 0 Å². The maximum absolute atomic E-state index is 10.6. The minimum Gasteiger partial charge on any atom is -0.309 e. The summed E-state index contributed by atoms with van der Waals surface area (Å²) >= 11 is 0. The molecule has 222 valence electrons. The van der Waals surface area contributed by atoms with Crippen LogP contribution in [0.4, 0.5) is 0 Å². The number of fused-ring (bicyclic) bond motifs is 6. The van der Waals surface area contributed by atoms with Gasteiger partial charge in [-0.15, -0.1) is 0 Å². The van der Waals surface area contributed by atoms with E-state index >= 15 is 0 Å². The molecule has 0 spiro atoms. The molecule has 0 aliphatic carbocycles. The average Bonchev–Trinajstić information content (AvgIpc) is 3.67. The van der Waals surface area contributed by atoms with Gasteiger partial charge in [0.05, 0.1) is 51.0 Å². The summed E-state index contributed by atoms with van der Waals surface area (Å²) in [7, 11) is 0. The first-order chi connectivity index (χ1) is 23.7. The van der Waals surface area contributed by atoms with Crippen LogP contribution in [-0.4, -0.2) is 9.13 Å². The summed E-state index contributed by atoms with van der Waals surface area (Å²) in [4.78, 5) is 0. The number of hydrogen-bond acceptors (Lipinski definition) is 2. The molecule has 0 saturated heterocycles. The van der Waals surface area contributed by atoms with E-state index in [9.17, 15) is 10.5 Å². The Hall–Kier alpha value is -6.88. The number of nitriles is 2. The fourth-order valence-corrected chi connectivity index (χ4v) is 7.36. The average molecular weight is 611 g/mol. The monoisotopic (exact) mass is 610 g/mol. The molecule has 0 N–H and O–H groups in total. The molecule has 0 aliphatic heterocycles. The Labute approximate surface area is 277 Å². The highest BCUT2D eigenvalue weighted by atomic mass is 15.0.